The van der Waals surface area contributed by atoms with E-state index in [0.29, 0.717) is 0 Å². The van der Waals surface area contributed by atoms with Crippen molar-refractivity contribution < 1.29 is 9.59 Å². The van der Waals surface area contributed by atoms with Gasteiger partial charge < -0.3 is 20.1 Å². The third-order valence-electron chi connectivity index (χ3n) is 7.68. The highest BCUT2D eigenvalue weighted by molar-refractivity contribution is 5.95. The van der Waals surface area contributed by atoms with Crippen LogP contribution in [0.2, 0.25) is 0 Å². The highest BCUT2D eigenvalue weighted by atomic mass is 16.2. The van der Waals surface area contributed by atoms with Gasteiger partial charge in [-0.15, -0.1) is 0 Å². The fourth-order valence-electron chi connectivity index (χ4n) is 5.34. The zero-order chi connectivity index (χ0) is 27.8. The van der Waals surface area contributed by atoms with Crippen LogP contribution in [0.25, 0.3) is 27.7 Å². The van der Waals surface area contributed by atoms with Gasteiger partial charge in [0.05, 0.1) is 5.69 Å². The number of fused-ring (bicyclic) bond motifs is 1. The zero-order valence-corrected chi connectivity index (χ0v) is 22.7. The fraction of sp³-hybridized carbons (Fsp3) is 0.219. The summed E-state index contributed by atoms with van der Waals surface area (Å²) in [4.78, 5) is 28.8. The maximum absolute atomic E-state index is 13.1. The number of rotatable bonds is 6. The van der Waals surface area contributed by atoms with Crippen molar-refractivity contribution in [1.29, 1.82) is 0 Å². The van der Waals surface area contributed by atoms with Crippen LogP contribution >= 0.6 is 0 Å². The number of aryl methyl sites for hydroxylation is 1. The van der Waals surface area contributed by atoms with E-state index in [0.717, 1.165) is 71.7 Å². The van der Waals surface area contributed by atoms with Crippen LogP contribution in [0, 0.1) is 6.92 Å². The normalized spacial score (nSPS) is 14.1. The molecular formula is C32H32N6O2. The smallest absolute Gasteiger partial charge is 0.269 e. The van der Waals surface area contributed by atoms with E-state index in [9.17, 15) is 9.59 Å². The lowest BCUT2D eigenvalue weighted by Gasteiger charge is -2.32. The molecule has 0 radical (unpaired) electrons. The molecule has 2 N–H and O–H groups in total. The summed E-state index contributed by atoms with van der Waals surface area (Å²) >= 11 is 0. The van der Waals surface area contributed by atoms with E-state index in [1.165, 1.54) is 5.56 Å². The minimum absolute atomic E-state index is 0.102. The van der Waals surface area contributed by atoms with Gasteiger partial charge in [0.1, 0.15) is 0 Å². The first-order valence-electron chi connectivity index (χ1n) is 13.5. The first-order valence-corrected chi connectivity index (χ1v) is 13.5. The van der Waals surface area contributed by atoms with Crippen molar-refractivity contribution in [2.45, 2.75) is 13.5 Å². The first kappa shape index (κ1) is 25.6. The van der Waals surface area contributed by atoms with Crippen molar-refractivity contribution in [3.63, 3.8) is 0 Å². The molecule has 0 bridgehead atoms. The number of nitrogens with zero attached hydrogens (tertiary/aromatic N) is 5. The number of primary amides is 1. The lowest BCUT2D eigenvalue weighted by atomic mass is 10.0. The molecule has 8 nitrogen and oxygen atoms in total. The molecule has 5 aromatic rings. The molecule has 0 aliphatic carbocycles. The average molecular weight is 533 g/mol. The van der Waals surface area contributed by atoms with Crippen molar-refractivity contribution in [3.8, 4) is 16.8 Å². The summed E-state index contributed by atoms with van der Waals surface area (Å²) in [6.07, 6.45) is 2.08. The number of benzene rings is 3. The Balaban J connectivity index is 1.18. The van der Waals surface area contributed by atoms with Gasteiger partial charge in [0.15, 0.2) is 5.69 Å². The third-order valence-corrected chi connectivity index (χ3v) is 7.68. The van der Waals surface area contributed by atoms with Crippen LogP contribution in [0.15, 0.2) is 85.1 Å². The molecule has 0 saturated carbocycles. The average Bonchev–Trinajstić information content (AvgIpc) is 3.56. The second kappa shape index (κ2) is 10.5. The monoisotopic (exact) mass is 532 g/mol. The van der Waals surface area contributed by atoms with E-state index < -0.39 is 5.91 Å². The zero-order valence-electron chi connectivity index (χ0n) is 22.7. The minimum atomic E-state index is -0.535. The molecule has 1 saturated heterocycles. The number of amides is 2. The van der Waals surface area contributed by atoms with Crippen LogP contribution < -0.4 is 5.73 Å². The fourth-order valence-corrected chi connectivity index (χ4v) is 5.34. The number of carbonyl (C=O) groups excluding carboxylic acids is 2. The van der Waals surface area contributed by atoms with Crippen molar-refractivity contribution in [2.75, 3.05) is 33.2 Å². The van der Waals surface area contributed by atoms with Crippen LogP contribution in [0.3, 0.4) is 0 Å². The van der Waals surface area contributed by atoms with Crippen LogP contribution in [-0.2, 0) is 6.54 Å². The summed E-state index contributed by atoms with van der Waals surface area (Å²) in [7, 11) is 2.09. The van der Waals surface area contributed by atoms with Gasteiger partial charge in [-0.2, -0.15) is 5.10 Å². The Morgan fingerprint density at radius 3 is 2.38 bits per heavy atom. The van der Waals surface area contributed by atoms with E-state index in [4.69, 9.17) is 5.73 Å². The van der Waals surface area contributed by atoms with Gasteiger partial charge in [-0.3, -0.25) is 9.59 Å². The van der Waals surface area contributed by atoms with Crippen molar-refractivity contribution in [1.82, 2.24) is 24.1 Å². The molecule has 1 aliphatic heterocycles. The number of hydrogen-bond acceptors (Lipinski definition) is 4. The van der Waals surface area contributed by atoms with Gasteiger partial charge >= 0.3 is 0 Å². The van der Waals surface area contributed by atoms with E-state index >= 15 is 0 Å². The molecule has 0 atom stereocenters. The number of likely N-dealkylation sites (N-methyl/N-ethyl adjacent to an activating group) is 1. The molecule has 3 heterocycles. The Morgan fingerprint density at radius 1 is 0.875 bits per heavy atom. The second-order valence-electron chi connectivity index (χ2n) is 10.5. The van der Waals surface area contributed by atoms with Gasteiger partial charge in [0.25, 0.3) is 11.8 Å². The highest BCUT2D eigenvalue weighted by Crippen LogP contribution is 2.25. The molecule has 6 rings (SSSR count). The summed E-state index contributed by atoms with van der Waals surface area (Å²) in [5.41, 5.74) is 12.5. The molecule has 202 valence electrons. The molecule has 1 fully saturated rings. The summed E-state index contributed by atoms with van der Waals surface area (Å²) in [5, 5.41) is 5.44. The molecule has 40 heavy (non-hydrogen) atoms. The number of nitrogens with two attached hydrogens (primary N) is 1. The molecule has 2 amide bonds. The third kappa shape index (κ3) is 5.01. The molecule has 0 unspecified atom stereocenters. The largest absolute Gasteiger partial charge is 0.364 e. The lowest BCUT2D eigenvalue weighted by molar-refractivity contribution is 0.0664. The van der Waals surface area contributed by atoms with Crippen LogP contribution in [0.5, 0.6) is 0 Å². The molecule has 1 aliphatic rings. The Hall–Kier alpha value is -4.69. The Labute approximate surface area is 233 Å². The maximum Gasteiger partial charge on any atom is 0.269 e. The summed E-state index contributed by atoms with van der Waals surface area (Å²) in [5.74, 6) is -0.433. The van der Waals surface area contributed by atoms with Crippen LogP contribution in [0.1, 0.15) is 32.1 Å². The molecular weight excluding hydrogens is 500 g/mol. The van der Waals surface area contributed by atoms with E-state index in [1.54, 1.807) is 10.7 Å². The standard InChI is InChI=1S/C32H32N6O2/c1-22-18-29(31(33)39)34-38(22)28-10-11-30-26(20-28)12-13-37(30)21-23-6-8-24(9-7-23)25-4-3-5-27(19-25)32(40)36-16-14-35(2)15-17-36/h3-13,18-20H,14-17,21H2,1-2H3,(H2,33,39). The highest BCUT2D eigenvalue weighted by Gasteiger charge is 2.20. The summed E-state index contributed by atoms with van der Waals surface area (Å²) in [6.45, 7) is 5.99. The van der Waals surface area contributed by atoms with Crippen molar-refractivity contribution in [2.24, 2.45) is 5.73 Å². The van der Waals surface area contributed by atoms with Gasteiger partial charge in [0, 0.05) is 61.1 Å². The Kier molecular flexibility index (Phi) is 6.69. The lowest BCUT2D eigenvalue weighted by Crippen LogP contribution is -2.47. The van der Waals surface area contributed by atoms with E-state index in [-0.39, 0.29) is 11.6 Å². The van der Waals surface area contributed by atoms with E-state index in [2.05, 4.69) is 76.3 Å². The van der Waals surface area contributed by atoms with Crippen molar-refractivity contribution in [3.05, 3.63) is 108 Å². The molecule has 2 aromatic heterocycles. The quantitative estimate of drug-likeness (QED) is 0.352. The minimum Gasteiger partial charge on any atom is -0.364 e. The number of carbonyl (C=O) groups is 2. The first-order chi connectivity index (χ1) is 19.4. The van der Waals surface area contributed by atoms with E-state index in [1.807, 2.05) is 36.1 Å². The van der Waals surface area contributed by atoms with Crippen LogP contribution in [-0.4, -0.2) is 69.2 Å². The van der Waals surface area contributed by atoms with Crippen molar-refractivity contribution >= 4 is 22.7 Å². The number of piperazine rings is 1. The second-order valence-corrected chi connectivity index (χ2v) is 10.5. The predicted molar refractivity (Wildman–Crippen MR) is 157 cm³/mol. The molecule has 3 aromatic carbocycles. The molecule has 0 spiro atoms. The Morgan fingerprint density at radius 2 is 1.65 bits per heavy atom. The molecule has 8 heteroatoms. The SMILES string of the molecule is Cc1cc(C(N)=O)nn1-c1ccc2c(ccn2Cc2ccc(-c3cccc(C(=O)N4CCN(C)CC4)c3)cc2)c1. The Bertz CT molecular complexity index is 1710. The summed E-state index contributed by atoms with van der Waals surface area (Å²) < 4.78 is 3.96. The summed E-state index contributed by atoms with van der Waals surface area (Å²) in [6, 6.07) is 26.4. The number of aromatic nitrogens is 3. The van der Waals surface area contributed by atoms with Gasteiger partial charge in [-0.1, -0.05) is 36.4 Å². The maximum atomic E-state index is 13.1. The van der Waals surface area contributed by atoms with Gasteiger partial charge in [-0.05, 0) is 73.1 Å². The topological polar surface area (TPSA) is 89.4 Å². The van der Waals surface area contributed by atoms with Gasteiger partial charge in [0.2, 0.25) is 0 Å². The number of hydrogen-bond donors (Lipinski definition) is 1. The van der Waals surface area contributed by atoms with Gasteiger partial charge in [-0.25, -0.2) is 4.68 Å². The van der Waals surface area contributed by atoms with Crippen LogP contribution in [0.4, 0.5) is 0 Å². The predicted octanol–water partition coefficient (Wildman–Crippen LogP) is 4.34.